The Balaban J connectivity index is 0.00000385. The first kappa shape index (κ1) is 34.9. The second kappa shape index (κ2) is 12.6. The molecule has 0 unspecified atom stereocenters. The molecule has 0 radical (unpaired) electrons. The minimum absolute atomic E-state index is 0. The van der Waals surface area contributed by atoms with Crippen molar-refractivity contribution in [2.45, 2.75) is 14.7 Å². The molecule has 0 fully saturated rings. The number of nitrogens with two attached hydrogens (primary N) is 1. The first-order valence-corrected chi connectivity index (χ1v) is 12.5. The first-order valence-electron chi connectivity index (χ1n) is 8.24. The SMILES string of the molecule is Nc1ccc(C(=O)Nc2cc(S(=O)(=O)[O-])cc3cc(S(=O)(=O)[O-])ccc23)c(S(=O)(=O)[O-])c1.[Na+].[Na+].[Na+]. The molecule has 0 saturated carbocycles. The molecule has 3 rings (SSSR count). The average Bonchev–Trinajstić information content (AvgIpc) is 2.65. The maximum atomic E-state index is 12.7. The molecule has 0 spiro atoms. The summed E-state index contributed by atoms with van der Waals surface area (Å²) in [5.74, 6) is -1.17. The van der Waals surface area contributed by atoms with Crippen LogP contribution in [0.2, 0.25) is 0 Å². The Labute approximate surface area is 267 Å². The Bertz CT molecular complexity index is 1600. The third-order valence-corrected chi connectivity index (χ3v) is 6.76. The molecule has 0 atom stereocenters. The molecule has 3 N–H and O–H groups in total. The first-order chi connectivity index (χ1) is 14.6. The van der Waals surface area contributed by atoms with E-state index in [1.54, 1.807) is 0 Å². The number of fused-ring (bicyclic) bond motifs is 1. The van der Waals surface area contributed by atoms with Crippen LogP contribution >= 0.6 is 0 Å². The maximum Gasteiger partial charge on any atom is 1.00 e. The van der Waals surface area contributed by atoms with E-state index in [1.165, 1.54) is 0 Å². The fourth-order valence-electron chi connectivity index (χ4n) is 2.85. The van der Waals surface area contributed by atoms with E-state index in [-0.39, 0.29) is 111 Å². The second-order valence-electron chi connectivity index (χ2n) is 6.43. The zero-order valence-corrected chi connectivity index (χ0v) is 27.0. The van der Waals surface area contributed by atoms with Crippen LogP contribution in [0, 0.1) is 0 Å². The summed E-state index contributed by atoms with van der Waals surface area (Å²) in [5, 5.41) is 2.01. The van der Waals surface area contributed by atoms with Crippen molar-refractivity contribution in [3.63, 3.8) is 0 Å². The van der Waals surface area contributed by atoms with Gasteiger partial charge in [0.05, 0.1) is 25.9 Å². The van der Waals surface area contributed by atoms with Crippen LogP contribution in [0.4, 0.5) is 11.4 Å². The number of rotatable bonds is 5. The van der Waals surface area contributed by atoms with Gasteiger partial charge in [0, 0.05) is 11.1 Å². The smallest absolute Gasteiger partial charge is 0.744 e. The van der Waals surface area contributed by atoms with Gasteiger partial charge in [-0.25, -0.2) is 25.3 Å². The molecule has 170 valence electrons. The summed E-state index contributed by atoms with van der Waals surface area (Å²) >= 11 is 0. The van der Waals surface area contributed by atoms with Gasteiger partial charge in [-0.3, -0.25) is 4.79 Å². The number of carbonyl (C=O) groups is 1. The summed E-state index contributed by atoms with van der Waals surface area (Å²) in [6.45, 7) is 0. The Hall–Kier alpha value is -0.0800. The van der Waals surface area contributed by atoms with Gasteiger partial charge in [-0.1, -0.05) is 6.07 Å². The Kier molecular flexibility index (Phi) is 12.6. The molecule has 3 aromatic carbocycles. The zero-order chi connectivity index (χ0) is 24.1. The van der Waals surface area contributed by atoms with E-state index in [2.05, 4.69) is 5.32 Å². The van der Waals surface area contributed by atoms with Crippen molar-refractivity contribution in [3.8, 4) is 0 Å². The molecule has 0 aliphatic rings. The van der Waals surface area contributed by atoms with Gasteiger partial charge in [0.1, 0.15) is 30.4 Å². The van der Waals surface area contributed by atoms with Gasteiger partial charge in [0.2, 0.25) is 0 Å². The summed E-state index contributed by atoms with van der Waals surface area (Å²) in [5.41, 5.74) is 4.39. The Morgan fingerprint density at radius 3 is 1.77 bits per heavy atom. The maximum absolute atomic E-state index is 12.7. The number of carbonyl (C=O) groups excluding carboxylic acids is 1. The van der Waals surface area contributed by atoms with E-state index in [9.17, 15) is 43.7 Å². The summed E-state index contributed by atoms with van der Waals surface area (Å²) in [6.07, 6.45) is 0. The van der Waals surface area contributed by atoms with Gasteiger partial charge in [-0.05, 0) is 47.9 Å². The van der Waals surface area contributed by atoms with Crippen molar-refractivity contribution >= 4 is 58.4 Å². The molecule has 0 aliphatic heterocycles. The number of benzene rings is 3. The predicted octanol–water partition coefficient (Wildman–Crippen LogP) is -8.60. The molecule has 0 aliphatic carbocycles. The topological polar surface area (TPSA) is 227 Å². The van der Waals surface area contributed by atoms with Gasteiger partial charge in [0.25, 0.3) is 5.91 Å². The molecular formula is C17H11N2Na3O10S3. The third kappa shape index (κ3) is 8.46. The number of nitrogen functional groups attached to an aromatic ring is 1. The van der Waals surface area contributed by atoms with Gasteiger partial charge in [-0.2, -0.15) is 0 Å². The van der Waals surface area contributed by atoms with E-state index in [0.717, 1.165) is 48.5 Å². The molecule has 0 bridgehead atoms. The van der Waals surface area contributed by atoms with Crippen molar-refractivity contribution in [2.75, 3.05) is 11.1 Å². The molecule has 0 aromatic heterocycles. The minimum Gasteiger partial charge on any atom is -0.744 e. The molecule has 0 saturated heterocycles. The Morgan fingerprint density at radius 2 is 1.26 bits per heavy atom. The monoisotopic (exact) mass is 568 g/mol. The summed E-state index contributed by atoms with van der Waals surface area (Å²) < 4.78 is 103. The van der Waals surface area contributed by atoms with Crippen molar-refractivity contribution in [1.82, 2.24) is 0 Å². The van der Waals surface area contributed by atoms with Gasteiger partial charge in [-0.15, -0.1) is 0 Å². The second-order valence-corrected chi connectivity index (χ2v) is 10.5. The van der Waals surface area contributed by atoms with Crippen LogP contribution in [-0.4, -0.2) is 44.8 Å². The van der Waals surface area contributed by atoms with E-state index < -0.39 is 56.5 Å². The minimum atomic E-state index is -5.13. The van der Waals surface area contributed by atoms with Crippen LogP contribution < -0.4 is 99.7 Å². The fraction of sp³-hybridized carbons (Fsp3) is 0. The van der Waals surface area contributed by atoms with E-state index in [0.29, 0.717) is 0 Å². The number of nitrogens with one attached hydrogen (secondary N) is 1. The molecule has 18 heteroatoms. The van der Waals surface area contributed by atoms with Crippen LogP contribution in [0.3, 0.4) is 0 Å². The largest absolute Gasteiger partial charge is 1.00 e. The van der Waals surface area contributed by atoms with Gasteiger partial charge >= 0.3 is 88.7 Å². The van der Waals surface area contributed by atoms with Crippen LogP contribution in [0.5, 0.6) is 0 Å². The van der Waals surface area contributed by atoms with E-state index in [4.69, 9.17) is 5.73 Å². The number of hydrogen-bond acceptors (Lipinski definition) is 11. The molecule has 1 amide bonds. The van der Waals surface area contributed by atoms with Crippen LogP contribution in [0.1, 0.15) is 10.4 Å². The fourth-order valence-corrected chi connectivity index (χ4v) is 4.60. The summed E-state index contributed by atoms with van der Waals surface area (Å²) in [6, 6.07) is 7.19. The molecule has 3 aromatic rings. The molecule has 12 nitrogen and oxygen atoms in total. The zero-order valence-electron chi connectivity index (χ0n) is 18.5. The van der Waals surface area contributed by atoms with Gasteiger partial charge < -0.3 is 24.7 Å². The van der Waals surface area contributed by atoms with Crippen molar-refractivity contribution in [1.29, 1.82) is 0 Å². The van der Waals surface area contributed by atoms with Crippen LogP contribution in [-0.2, 0) is 30.4 Å². The quantitative estimate of drug-likeness (QED) is 0.167. The van der Waals surface area contributed by atoms with E-state index in [1.807, 2.05) is 0 Å². The van der Waals surface area contributed by atoms with Crippen molar-refractivity contribution < 1.29 is 132 Å². The van der Waals surface area contributed by atoms with Crippen molar-refractivity contribution in [3.05, 3.63) is 54.1 Å². The summed E-state index contributed by atoms with van der Waals surface area (Å²) in [7, 11) is -15.1. The number of anilines is 2. The van der Waals surface area contributed by atoms with Crippen LogP contribution in [0.15, 0.2) is 63.2 Å². The normalized spacial score (nSPS) is 11.5. The van der Waals surface area contributed by atoms with E-state index >= 15 is 0 Å². The number of amides is 1. The third-order valence-electron chi connectivity index (χ3n) is 4.24. The molecular weight excluding hydrogens is 557 g/mol. The molecule has 0 heterocycles. The predicted molar refractivity (Wildman–Crippen MR) is 107 cm³/mol. The molecule has 35 heavy (non-hydrogen) atoms. The van der Waals surface area contributed by atoms with Crippen molar-refractivity contribution in [2.24, 2.45) is 0 Å². The number of hydrogen-bond donors (Lipinski definition) is 2. The van der Waals surface area contributed by atoms with Crippen LogP contribution in [0.25, 0.3) is 10.8 Å². The summed E-state index contributed by atoms with van der Waals surface area (Å²) in [4.78, 5) is 10.2. The standard InChI is InChI=1S/C17H14N2O10S3.3Na/c18-10-1-3-14(16(7-10)32(27,28)29)17(20)19-15-8-12(31(24,25)26)6-9-5-11(30(21,22)23)2-4-13(9)15;;;/h1-8H,18H2,(H,19,20)(H,21,22,23)(H,24,25,26)(H,27,28,29);;;/q;3*+1/p-3. The Morgan fingerprint density at radius 1 is 0.714 bits per heavy atom. The van der Waals surface area contributed by atoms with Gasteiger partial charge in [0.15, 0.2) is 0 Å². The average molecular weight is 568 g/mol.